The SMILES string of the molecule is Cc1cc(=O)c(C(=O)Nc2cccc(Oc3ccncc3)c2)nn1-c1ccccc1F. The number of aryl methyl sites for hydroxylation is 1. The lowest BCUT2D eigenvalue weighted by molar-refractivity contribution is 0.101. The Balaban J connectivity index is 1.61. The summed E-state index contributed by atoms with van der Waals surface area (Å²) < 4.78 is 21.2. The van der Waals surface area contributed by atoms with Crippen LogP contribution in [0.3, 0.4) is 0 Å². The Labute approximate surface area is 176 Å². The summed E-state index contributed by atoms with van der Waals surface area (Å²) in [7, 11) is 0. The van der Waals surface area contributed by atoms with Crippen molar-refractivity contribution in [3.63, 3.8) is 0 Å². The summed E-state index contributed by atoms with van der Waals surface area (Å²) in [6, 6.07) is 17.3. The molecule has 0 aliphatic carbocycles. The molecule has 2 heterocycles. The van der Waals surface area contributed by atoms with Crippen molar-refractivity contribution in [1.29, 1.82) is 0 Å². The summed E-state index contributed by atoms with van der Waals surface area (Å²) in [6.07, 6.45) is 3.20. The highest BCUT2D eigenvalue weighted by Crippen LogP contribution is 2.23. The smallest absolute Gasteiger partial charge is 0.280 e. The Kier molecular flexibility index (Phi) is 5.53. The molecule has 7 nitrogen and oxygen atoms in total. The summed E-state index contributed by atoms with van der Waals surface area (Å²) in [5, 5.41) is 6.74. The van der Waals surface area contributed by atoms with E-state index in [0.717, 1.165) is 0 Å². The molecule has 0 unspecified atom stereocenters. The fourth-order valence-electron chi connectivity index (χ4n) is 2.94. The zero-order valence-electron chi connectivity index (χ0n) is 16.4. The molecule has 0 aliphatic rings. The minimum Gasteiger partial charge on any atom is -0.457 e. The first-order valence-electron chi connectivity index (χ1n) is 9.36. The van der Waals surface area contributed by atoms with Crippen LogP contribution in [0.5, 0.6) is 11.5 Å². The number of benzene rings is 2. The molecular weight excluding hydrogens is 399 g/mol. The van der Waals surface area contributed by atoms with Gasteiger partial charge in [-0.3, -0.25) is 14.6 Å². The number of pyridine rings is 1. The Bertz CT molecular complexity index is 1310. The van der Waals surface area contributed by atoms with Crippen LogP contribution < -0.4 is 15.5 Å². The first-order chi connectivity index (χ1) is 15.0. The van der Waals surface area contributed by atoms with Gasteiger partial charge >= 0.3 is 0 Å². The maximum atomic E-state index is 14.2. The summed E-state index contributed by atoms with van der Waals surface area (Å²) >= 11 is 0. The summed E-state index contributed by atoms with van der Waals surface area (Å²) in [5.74, 6) is -0.152. The maximum Gasteiger partial charge on any atom is 0.280 e. The average molecular weight is 416 g/mol. The van der Waals surface area contributed by atoms with Gasteiger partial charge in [-0.1, -0.05) is 18.2 Å². The van der Waals surface area contributed by atoms with E-state index >= 15 is 0 Å². The first-order valence-corrected chi connectivity index (χ1v) is 9.36. The zero-order valence-corrected chi connectivity index (χ0v) is 16.4. The third-order valence-electron chi connectivity index (χ3n) is 4.38. The van der Waals surface area contributed by atoms with Gasteiger partial charge in [-0.05, 0) is 43.3 Å². The number of carbonyl (C=O) groups excluding carboxylic acids is 1. The Morgan fingerprint density at radius 1 is 1.00 bits per heavy atom. The van der Waals surface area contributed by atoms with Crippen LogP contribution in [-0.2, 0) is 0 Å². The minimum absolute atomic E-state index is 0.141. The summed E-state index contributed by atoms with van der Waals surface area (Å²) in [5.41, 5.74) is 0.0399. The number of nitrogens with one attached hydrogen (secondary N) is 1. The molecule has 1 amide bonds. The molecule has 4 rings (SSSR count). The van der Waals surface area contributed by atoms with Gasteiger partial charge in [0, 0.05) is 35.9 Å². The van der Waals surface area contributed by atoms with E-state index in [1.165, 1.54) is 22.9 Å². The van der Waals surface area contributed by atoms with Gasteiger partial charge in [-0.25, -0.2) is 9.07 Å². The van der Waals surface area contributed by atoms with Gasteiger partial charge in [0.25, 0.3) is 5.91 Å². The molecule has 0 radical (unpaired) electrons. The number of anilines is 1. The van der Waals surface area contributed by atoms with Crippen molar-refractivity contribution in [2.75, 3.05) is 5.32 Å². The van der Waals surface area contributed by atoms with Crippen LogP contribution in [-0.4, -0.2) is 20.7 Å². The van der Waals surface area contributed by atoms with Crippen LogP contribution in [0.25, 0.3) is 5.69 Å². The standard InChI is InChI=1S/C23H17FN4O3/c1-15-13-21(29)22(27-28(15)20-8-3-2-7-19(20)24)23(30)26-16-5-4-6-18(14-16)31-17-9-11-25-12-10-17/h2-14H,1H3,(H,26,30). The van der Waals surface area contributed by atoms with Crippen molar-refractivity contribution in [1.82, 2.24) is 14.8 Å². The first kappa shape index (κ1) is 20.0. The molecule has 0 aliphatic heterocycles. The molecule has 0 saturated carbocycles. The molecule has 0 fully saturated rings. The van der Waals surface area contributed by atoms with E-state index in [9.17, 15) is 14.0 Å². The molecule has 0 bridgehead atoms. The molecule has 8 heteroatoms. The van der Waals surface area contributed by atoms with Gasteiger partial charge in [0.05, 0.1) is 0 Å². The van der Waals surface area contributed by atoms with Gasteiger partial charge in [0.2, 0.25) is 5.43 Å². The fourth-order valence-corrected chi connectivity index (χ4v) is 2.94. The highest BCUT2D eigenvalue weighted by molar-refractivity contribution is 6.02. The van der Waals surface area contributed by atoms with Gasteiger partial charge < -0.3 is 10.1 Å². The van der Waals surface area contributed by atoms with Gasteiger partial charge in [0.1, 0.15) is 23.0 Å². The maximum absolute atomic E-state index is 14.2. The van der Waals surface area contributed by atoms with Gasteiger partial charge in [-0.15, -0.1) is 0 Å². The van der Waals surface area contributed by atoms with E-state index in [-0.39, 0.29) is 11.4 Å². The van der Waals surface area contributed by atoms with E-state index in [4.69, 9.17) is 4.74 Å². The Morgan fingerprint density at radius 2 is 1.77 bits per heavy atom. The van der Waals surface area contributed by atoms with E-state index in [1.54, 1.807) is 67.8 Å². The second-order valence-electron chi connectivity index (χ2n) is 6.63. The number of halogens is 1. The molecule has 1 N–H and O–H groups in total. The van der Waals surface area contributed by atoms with Crippen LogP contribution in [0.1, 0.15) is 16.2 Å². The van der Waals surface area contributed by atoms with Crippen LogP contribution >= 0.6 is 0 Å². The second-order valence-corrected chi connectivity index (χ2v) is 6.63. The number of rotatable bonds is 5. The molecule has 154 valence electrons. The van der Waals surface area contributed by atoms with Crippen molar-refractivity contribution in [3.05, 3.63) is 107 Å². The van der Waals surface area contributed by atoms with Crippen LogP contribution in [0.4, 0.5) is 10.1 Å². The van der Waals surface area contributed by atoms with Crippen molar-refractivity contribution in [2.24, 2.45) is 0 Å². The van der Waals surface area contributed by atoms with Crippen molar-refractivity contribution < 1.29 is 13.9 Å². The number of para-hydroxylation sites is 1. The number of ether oxygens (including phenoxy) is 1. The molecule has 0 spiro atoms. The molecular formula is C23H17FN4O3. The number of nitrogens with zero attached hydrogens (tertiary/aromatic N) is 3. The normalized spacial score (nSPS) is 10.5. The molecule has 0 atom stereocenters. The van der Waals surface area contributed by atoms with Crippen molar-refractivity contribution in [3.8, 4) is 17.2 Å². The fraction of sp³-hybridized carbons (Fsp3) is 0.0435. The Morgan fingerprint density at radius 3 is 2.55 bits per heavy atom. The monoisotopic (exact) mass is 416 g/mol. The van der Waals surface area contributed by atoms with Gasteiger partial charge in [-0.2, -0.15) is 5.10 Å². The quantitative estimate of drug-likeness (QED) is 0.529. The van der Waals surface area contributed by atoms with Crippen molar-refractivity contribution in [2.45, 2.75) is 6.92 Å². The molecule has 2 aromatic heterocycles. The highest BCUT2D eigenvalue weighted by Gasteiger charge is 2.17. The lowest BCUT2D eigenvalue weighted by Crippen LogP contribution is -2.27. The van der Waals surface area contributed by atoms with Crippen LogP contribution in [0.2, 0.25) is 0 Å². The second kappa shape index (κ2) is 8.58. The third-order valence-corrected chi connectivity index (χ3v) is 4.38. The Hall–Kier alpha value is -4.33. The molecule has 4 aromatic rings. The number of hydrogen-bond acceptors (Lipinski definition) is 5. The van der Waals surface area contributed by atoms with Crippen LogP contribution in [0, 0.1) is 12.7 Å². The molecule has 2 aromatic carbocycles. The minimum atomic E-state index is -0.712. The van der Waals surface area contributed by atoms with Crippen LogP contribution in [0.15, 0.2) is 83.9 Å². The van der Waals surface area contributed by atoms with Gasteiger partial charge in [0.15, 0.2) is 5.69 Å². The topological polar surface area (TPSA) is 86.1 Å². The summed E-state index contributed by atoms with van der Waals surface area (Å²) in [4.78, 5) is 29.1. The van der Waals surface area contributed by atoms with E-state index in [1.807, 2.05) is 0 Å². The number of aromatic nitrogens is 3. The largest absolute Gasteiger partial charge is 0.457 e. The summed E-state index contributed by atoms with van der Waals surface area (Å²) in [6.45, 7) is 1.61. The highest BCUT2D eigenvalue weighted by atomic mass is 19.1. The lowest BCUT2D eigenvalue weighted by Gasteiger charge is -2.12. The van der Waals surface area contributed by atoms with E-state index in [0.29, 0.717) is 22.9 Å². The number of hydrogen-bond donors (Lipinski definition) is 1. The van der Waals surface area contributed by atoms with Crippen molar-refractivity contribution >= 4 is 11.6 Å². The molecule has 0 saturated heterocycles. The van der Waals surface area contributed by atoms with E-state index in [2.05, 4.69) is 15.4 Å². The predicted octanol–water partition coefficient (Wildman–Crippen LogP) is 4.12. The third kappa shape index (κ3) is 4.48. The molecule has 31 heavy (non-hydrogen) atoms. The van der Waals surface area contributed by atoms with E-state index < -0.39 is 17.2 Å². The number of amides is 1. The zero-order chi connectivity index (χ0) is 21.8. The predicted molar refractivity (Wildman–Crippen MR) is 113 cm³/mol. The lowest BCUT2D eigenvalue weighted by atomic mass is 10.2. The average Bonchev–Trinajstić information content (AvgIpc) is 2.75. The number of carbonyl (C=O) groups is 1.